The fraction of sp³-hybridized carbons (Fsp3) is 0.611. The quantitative estimate of drug-likeness (QED) is 0.372. The SMILES string of the molecule is C[C@H]1CCCC(C)(C)[C@H]1NCCOC(=O)c1ccc([N+](=O)[O-])cc1. The minimum absolute atomic E-state index is 0.0401. The third-order valence-electron chi connectivity index (χ3n) is 4.90. The number of rotatable bonds is 6. The van der Waals surface area contributed by atoms with Gasteiger partial charge in [-0.2, -0.15) is 0 Å². The first-order valence-electron chi connectivity index (χ1n) is 8.46. The molecule has 1 aliphatic carbocycles. The van der Waals surface area contributed by atoms with Crippen molar-refractivity contribution in [2.24, 2.45) is 11.3 Å². The van der Waals surface area contributed by atoms with Crippen molar-refractivity contribution in [3.8, 4) is 0 Å². The molecule has 2 rings (SSSR count). The highest BCUT2D eigenvalue weighted by Crippen LogP contribution is 2.38. The van der Waals surface area contributed by atoms with Crippen LogP contribution in [0.1, 0.15) is 50.4 Å². The minimum Gasteiger partial charge on any atom is -0.461 e. The van der Waals surface area contributed by atoms with Crippen LogP contribution in [0, 0.1) is 21.4 Å². The smallest absolute Gasteiger partial charge is 0.338 e. The summed E-state index contributed by atoms with van der Waals surface area (Å²) < 4.78 is 5.25. The zero-order valence-corrected chi connectivity index (χ0v) is 14.6. The summed E-state index contributed by atoms with van der Waals surface area (Å²) in [6.07, 6.45) is 3.70. The predicted octanol–water partition coefficient (Wildman–Crippen LogP) is 3.56. The van der Waals surface area contributed by atoms with Crippen LogP contribution in [0.15, 0.2) is 24.3 Å². The van der Waals surface area contributed by atoms with Gasteiger partial charge in [-0.15, -0.1) is 0 Å². The standard InChI is InChI=1S/C18H26N2O4/c1-13-5-4-10-18(2,3)16(13)19-11-12-24-17(21)14-6-8-15(9-7-14)20(22)23/h6-9,13,16,19H,4-5,10-12H2,1-3H3/t13-,16-/m0/s1. The zero-order chi connectivity index (χ0) is 17.7. The Hall–Kier alpha value is -1.95. The number of nitrogens with zero attached hydrogens (tertiary/aromatic N) is 1. The van der Waals surface area contributed by atoms with E-state index >= 15 is 0 Å². The van der Waals surface area contributed by atoms with E-state index in [1.165, 1.54) is 43.5 Å². The topological polar surface area (TPSA) is 81.5 Å². The lowest BCUT2D eigenvalue weighted by Crippen LogP contribution is -2.49. The number of benzene rings is 1. The molecule has 0 unspecified atom stereocenters. The Morgan fingerprint density at radius 1 is 1.38 bits per heavy atom. The second-order valence-electron chi connectivity index (χ2n) is 7.23. The maximum absolute atomic E-state index is 11.9. The van der Waals surface area contributed by atoms with Gasteiger partial charge in [0, 0.05) is 24.7 Å². The molecule has 2 atom stereocenters. The molecular weight excluding hydrogens is 308 g/mol. The van der Waals surface area contributed by atoms with Gasteiger partial charge in [-0.1, -0.05) is 27.2 Å². The number of nitro groups is 1. The van der Waals surface area contributed by atoms with Crippen LogP contribution in [-0.2, 0) is 4.74 Å². The molecule has 1 aromatic rings. The Labute approximate surface area is 142 Å². The molecule has 0 saturated heterocycles. The number of esters is 1. The molecule has 1 N–H and O–H groups in total. The summed E-state index contributed by atoms with van der Waals surface area (Å²) in [6, 6.07) is 5.87. The molecule has 1 fully saturated rings. The van der Waals surface area contributed by atoms with Gasteiger partial charge >= 0.3 is 5.97 Å². The summed E-state index contributed by atoms with van der Waals surface area (Å²) >= 11 is 0. The van der Waals surface area contributed by atoms with E-state index in [4.69, 9.17) is 4.74 Å². The van der Waals surface area contributed by atoms with Gasteiger partial charge in [-0.3, -0.25) is 10.1 Å². The molecule has 6 heteroatoms. The van der Waals surface area contributed by atoms with E-state index in [9.17, 15) is 14.9 Å². The summed E-state index contributed by atoms with van der Waals surface area (Å²) in [5, 5.41) is 14.1. The molecule has 1 saturated carbocycles. The molecule has 0 amide bonds. The molecule has 132 valence electrons. The van der Waals surface area contributed by atoms with Gasteiger partial charge in [-0.05, 0) is 36.3 Å². The summed E-state index contributed by atoms with van der Waals surface area (Å²) in [5.74, 6) is 0.154. The summed E-state index contributed by atoms with van der Waals surface area (Å²) in [5.41, 5.74) is 0.536. The van der Waals surface area contributed by atoms with E-state index in [1.807, 2.05) is 0 Å². The van der Waals surface area contributed by atoms with E-state index in [1.54, 1.807) is 0 Å². The summed E-state index contributed by atoms with van der Waals surface area (Å²) in [6.45, 7) is 7.72. The lowest BCUT2D eigenvalue weighted by molar-refractivity contribution is -0.384. The lowest BCUT2D eigenvalue weighted by Gasteiger charge is -2.43. The van der Waals surface area contributed by atoms with Gasteiger partial charge in [0.1, 0.15) is 6.61 Å². The Balaban J connectivity index is 1.79. The van der Waals surface area contributed by atoms with E-state index in [2.05, 4.69) is 26.1 Å². The average Bonchev–Trinajstić information content (AvgIpc) is 2.53. The van der Waals surface area contributed by atoms with Crippen molar-refractivity contribution in [3.05, 3.63) is 39.9 Å². The number of non-ortho nitro benzene ring substituents is 1. The molecule has 0 aromatic heterocycles. The first-order chi connectivity index (χ1) is 11.3. The van der Waals surface area contributed by atoms with Crippen LogP contribution in [-0.4, -0.2) is 30.1 Å². The Morgan fingerprint density at radius 3 is 2.62 bits per heavy atom. The molecule has 24 heavy (non-hydrogen) atoms. The van der Waals surface area contributed by atoms with E-state index in [0.29, 0.717) is 24.1 Å². The molecule has 1 aromatic carbocycles. The highest BCUT2D eigenvalue weighted by Gasteiger charge is 2.36. The van der Waals surface area contributed by atoms with E-state index in [-0.39, 0.29) is 17.7 Å². The minimum atomic E-state index is -0.494. The molecule has 0 radical (unpaired) electrons. The first kappa shape index (κ1) is 18.4. The van der Waals surface area contributed by atoms with E-state index < -0.39 is 10.9 Å². The highest BCUT2D eigenvalue weighted by molar-refractivity contribution is 5.89. The van der Waals surface area contributed by atoms with Gasteiger partial charge in [0.15, 0.2) is 0 Å². The van der Waals surface area contributed by atoms with Gasteiger partial charge in [-0.25, -0.2) is 4.79 Å². The number of nitrogens with one attached hydrogen (secondary N) is 1. The maximum atomic E-state index is 11.9. The molecule has 0 aliphatic heterocycles. The number of hydrogen-bond donors (Lipinski definition) is 1. The molecular formula is C18H26N2O4. The highest BCUT2D eigenvalue weighted by atomic mass is 16.6. The molecule has 0 heterocycles. The van der Waals surface area contributed by atoms with Crippen LogP contribution in [0.3, 0.4) is 0 Å². The normalized spacial score (nSPS) is 22.8. The largest absolute Gasteiger partial charge is 0.461 e. The van der Waals surface area contributed by atoms with Crippen molar-refractivity contribution in [3.63, 3.8) is 0 Å². The Kier molecular flexibility index (Phi) is 5.94. The van der Waals surface area contributed by atoms with Crippen molar-refractivity contribution in [1.29, 1.82) is 0 Å². The Bertz CT molecular complexity index is 583. The molecule has 0 bridgehead atoms. The lowest BCUT2D eigenvalue weighted by atomic mass is 9.68. The fourth-order valence-electron chi connectivity index (χ4n) is 3.61. The van der Waals surface area contributed by atoms with Crippen LogP contribution in [0.4, 0.5) is 5.69 Å². The maximum Gasteiger partial charge on any atom is 0.338 e. The van der Waals surface area contributed by atoms with Crippen LogP contribution >= 0.6 is 0 Å². The third-order valence-corrected chi connectivity index (χ3v) is 4.90. The number of ether oxygens (including phenoxy) is 1. The second-order valence-corrected chi connectivity index (χ2v) is 7.23. The van der Waals surface area contributed by atoms with Crippen LogP contribution in [0.5, 0.6) is 0 Å². The molecule has 0 spiro atoms. The summed E-state index contributed by atoms with van der Waals surface area (Å²) in [4.78, 5) is 22.1. The number of hydrogen-bond acceptors (Lipinski definition) is 5. The van der Waals surface area contributed by atoms with Crippen LogP contribution < -0.4 is 5.32 Å². The van der Waals surface area contributed by atoms with Crippen molar-refractivity contribution in [1.82, 2.24) is 5.32 Å². The number of carbonyl (C=O) groups excluding carboxylic acids is 1. The average molecular weight is 334 g/mol. The third kappa shape index (κ3) is 4.54. The Morgan fingerprint density at radius 2 is 2.04 bits per heavy atom. The van der Waals surface area contributed by atoms with Crippen LogP contribution in [0.25, 0.3) is 0 Å². The van der Waals surface area contributed by atoms with Crippen molar-refractivity contribution < 1.29 is 14.5 Å². The second kappa shape index (κ2) is 7.75. The molecule has 6 nitrogen and oxygen atoms in total. The van der Waals surface area contributed by atoms with Crippen molar-refractivity contribution >= 4 is 11.7 Å². The van der Waals surface area contributed by atoms with E-state index in [0.717, 1.165) is 0 Å². The zero-order valence-electron chi connectivity index (χ0n) is 14.6. The fourth-order valence-corrected chi connectivity index (χ4v) is 3.61. The van der Waals surface area contributed by atoms with Gasteiger partial charge in [0.25, 0.3) is 5.69 Å². The predicted molar refractivity (Wildman–Crippen MR) is 92.0 cm³/mol. The number of nitro benzene ring substituents is 1. The molecule has 1 aliphatic rings. The van der Waals surface area contributed by atoms with Gasteiger partial charge in [0.05, 0.1) is 10.5 Å². The van der Waals surface area contributed by atoms with Gasteiger partial charge < -0.3 is 10.1 Å². The monoisotopic (exact) mass is 334 g/mol. The summed E-state index contributed by atoms with van der Waals surface area (Å²) in [7, 11) is 0. The van der Waals surface area contributed by atoms with Crippen LogP contribution in [0.2, 0.25) is 0 Å². The number of carbonyl (C=O) groups is 1. The first-order valence-corrected chi connectivity index (χ1v) is 8.46. The van der Waals surface area contributed by atoms with Gasteiger partial charge in [0.2, 0.25) is 0 Å². The van der Waals surface area contributed by atoms with Crippen molar-refractivity contribution in [2.75, 3.05) is 13.2 Å². The van der Waals surface area contributed by atoms with Crippen molar-refractivity contribution in [2.45, 2.75) is 46.1 Å².